The second kappa shape index (κ2) is 10.1. The second-order valence-electron chi connectivity index (χ2n) is 7.07. The molecule has 27 heavy (non-hydrogen) atoms. The molecule has 0 aliphatic carbocycles. The van der Waals surface area contributed by atoms with E-state index in [2.05, 4.69) is 30.9 Å². The summed E-state index contributed by atoms with van der Waals surface area (Å²) in [6, 6.07) is 11.7. The zero-order valence-electron chi connectivity index (χ0n) is 16.4. The highest BCUT2D eigenvalue weighted by atomic mass is 16.5. The highest BCUT2D eigenvalue weighted by Gasteiger charge is 2.50. The Labute approximate surface area is 162 Å². The molecule has 0 aromatic heterocycles. The van der Waals surface area contributed by atoms with Gasteiger partial charge in [-0.05, 0) is 57.5 Å². The van der Waals surface area contributed by atoms with E-state index >= 15 is 0 Å². The summed E-state index contributed by atoms with van der Waals surface area (Å²) in [7, 11) is 0. The molecule has 1 atom stereocenters. The number of nitrogens with zero attached hydrogens (tertiary/aromatic N) is 3. The van der Waals surface area contributed by atoms with Crippen molar-refractivity contribution in [2.75, 3.05) is 19.6 Å². The second-order valence-corrected chi connectivity index (χ2v) is 7.07. The van der Waals surface area contributed by atoms with Crippen LogP contribution in [0.4, 0.5) is 0 Å². The number of rotatable bonds is 10. The van der Waals surface area contributed by atoms with Crippen LogP contribution in [0.5, 0.6) is 5.75 Å². The standard InChI is InChI=1S/C22H29N3O2/c1-3-25(4-2)17-7-12-20-22(13-8-15-23,14-9-16-24)21(26)18-10-5-6-11-19(18)27-20/h5-6,10-11,20H,3-4,7-9,12-14,17H2,1-2H3. The van der Waals surface area contributed by atoms with Crippen LogP contribution in [0.2, 0.25) is 0 Å². The summed E-state index contributed by atoms with van der Waals surface area (Å²) >= 11 is 0. The number of benzene rings is 1. The van der Waals surface area contributed by atoms with Gasteiger partial charge in [0.2, 0.25) is 0 Å². The number of Topliss-reactive ketones (excluding diaryl/α,β-unsaturated/α-hetero) is 1. The van der Waals surface area contributed by atoms with E-state index in [1.807, 2.05) is 18.2 Å². The van der Waals surface area contributed by atoms with Crippen molar-refractivity contribution >= 4 is 5.78 Å². The van der Waals surface area contributed by atoms with Crippen LogP contribution in [-0.4, -0.2) is 36.4 Å². The highest BCUT2D eigenvalue weighted by Crippen LogP contribution is 2.46. The summed E-state index contributed by atoms with van der Waals surface area (Å²) < 4.78 is 6.30. The molecular formula is C22H29N3O2. The number of carbonyl (C=O) groups is 1. The molecule has 144 valence electrons. The molecule has 0 radical (unpaired) electrons. The maximum Gasteiger partial charge on any atom is 0.176 e. The molecule has 1 aliphatic heterocycles. The molecule has 0 saturated carbocycles. The molecule has 1 aromatic rings. The van der Waals surface area contributed by atoms with Crippen LogP contribution < -0.4 is 4.74 Å². The molecule has 5 nitrogen and oxygen atoms in total. The topological polar surface area (TPSA) is 77.1 Å². The Balaban J connectivity index is 2.31. The number of nitriles is 2. The quantitative estimate of drug-likeness (QED) is 0.614. The van der Waals surface area contributed by atoms with Crippen LogP contribution in [0.15, 0.2) is 24.3 Å². The van der Waals surface area contributed by atoms with Gasteiger partial charge in [0.05, 0.1) is 23.1 Å². The summed E-state index contributed by atoms with van der Waals surface area (Å²) in [5, 5.41) is 18.3. The average Bonchev–Trinajstić information content (AvgIpc) is 2.70. The van der Waals surface area contributed by atoms with Crippen molar-refractivity contribution in [3.8, 4) is 17.9 Å². The van der Waals surface area contributed by atoms with Gasteiger partial charge < -0.3 is 9.64 Å². The van der Waals surface area contributed by atoms with Crippen molar-refractivity contribution in [3.63, 3.8) is 0 Å². The van der Waals surface area contributed by atoms with Crippen LogP contribution in [0, 0.1) is 28.1 Å². The molecule has 0 bridgehead atoms. The van der Waals surface area contributed by atoms with Gasteiger partial charge in [0.15, 0.2) is 5.78 Å². The van der Waals surface area contributed by atoms with Gasteiger partial charge in [0, 0.05) is 12.8 Å². The number of carbonyl (C=O) groups excluding carboxylic acids is 1. The Hall–Kier alpha value is -2.37. The molecular weight excluding hydrogens is 338 g/mol. The molecule has 0 fully saturated rings. The largest absolute Gasteiger partial charge is 0.489 e. The fraction of sp³-hybridized carbons (Fsp3) is 0.591. The molecule has 2 rings (SSSR count). The Morgan fingerprint density at radius 1 is 1.11 bits per heavy atom. The van der Waals surface area contributed by atoms with Gasteiger partial charge >= 0.3 is 0 Å². The summed E-state index contributed by atoms with van der Waals surface area (Å²) in [6.07, 6.45) is 2.82. The third-order valence-electron chi connectivity index (χ3n) is 5.67. The third kappa shape index (κ3) is 4.67. The van der Waals surface area contributed by atoms with E-state index in [0.717, 1.165) is 32.5 Å². The van der Waals surface area contributed by atoms with E-state index in [4.69, 9.17) is 15.3 Å². The normalized spacial score (nSPS) is 17.7. The zero-order chi connectivity index (χ0) is 19.7. The fourth-order valence-electron chi connectivity index (χ4n) is 4.04. The first-order valence-corrected chi connectivity index (χ1v) is 9.89. The molecule has 1 aromatic carbocycles. The smallest absolute Gasteiger partial charge is 0.176 e. The number of para-hydroxylation sites is 1. The minimum absolute atomic E-state index is 0.0303. The lowest BCUT2D eigenvalue weighted by molar-refractivity contribution is 0.0127. The van der Waals surface area contributed by atoms with Gasteiger partial charge in [-0.1, -0.05) is 26.0 Å². The van der Waals surface area contributed by atoms with Crippen LogP contribution in [0.3, 0.4) is 0 Å². The number of hydrogen-bond donors (Lipinski definition) is 0. The van der Waals surface area contributed by atoms with Crippen LogP contribution >= 0.6 is 0 Å². The lowest BCUT2D eigenvalue weighted by Crippen LogP contribution is -2.49. The highest BCUT2D eigenvalue weighted by molar-refractivity contribution is 6.04. The fourth-order valence-corrected chi connectivity index (χ4v) is 4.04. The van der Waals surface area contributed by atoms with E-state index in [0.29, 0.717) is 24.2 Å². The maximum absolute atomic E-state index is 13.5. The Kier molecular flexibility index (Phi) is 7.82. The van der Waals surface area contributed by atoms with E-state index in [9.17, 15) is 4.79 Å². The minimum atomic E-state index is -0.789. The van der Waals surface area contributed by atoms with Gasteiger partial charge in [-0.25, -0.2) is 0 Å². The molecule has 0 N–H and O–H groups in total. The van der Waals surface area contributed by atoms with Crippen molar-refractivity contribution < 1.29 is 9.53 Å². The lowest BCUT2D eigenvalue weighted by Gasteiger charge is -2.43. The van der Waals surface area contributed by atoms with Crippen molar-refractivity contribution in [1.29, 1.82) is 10.5 Å². The zero-order valence-corrected chi connectivity index (χ0v) is 16.4. The lowest BCUT2D eigenvalue weighted by atomic mass is 9.66. The predicted molar refractivity (Wildman–Crippen MR) is 104 cm³/mol. The van der Waals surface area contributed by atoms with Crippen LogP contribution in [0.1, 0.15) is 62.7 Å². The van der Waals surface area contributed by atoms with Crippen molar-refractivity contribution in [3.05, 3.63) is 29.8 Å². The van der Waals surface area contributed by atoms with Crippen molar-refractivity contribution in [2.45, 2.75) is 58.5 Å². The van der Waals surface area contributed by atoms with E-state index in [-0.39, 0.29) is 24.7 Å². The Morgan fingerprint density at radius 3 is 2.33 bits per heavy atom. The first-order chi connectivity index (χ1) is 13.1. The van der Waals surface area contributed by atoms with E-state index < -0.39 is 5.41 Å². The average molecular weight is 367 g/mol. The number of ketones is 1. The van der Waals surface area contributed by atoms with Crippen molar-refractivity contribution in [1.82, 2.24) is 4.90 Å². The monoisotopic (exact) mass is 367 g/mol. The van der Waals surface area contributed by atoms with E-state index in [1.54, 1.807) is 6.07 Å². The van der Waals surface area contributed by atoms with E-state index in [1.165, 1.54) is 0 Å². The first kappa shape index (κ1) is 20.9. The third-order valence-corrected chi connectivity index (χ3v) is 5.67. The Bertz CT molecular complexity index is 695. The molecule has 1 aliphatic rings. The van der Waals surface area contributed by atoms with Gasteiger partial charge in [-0.15, -0.1) is 0 Å². The molecule has 0 spiro atoms. The summed E-state index contributed by atoms with van der Waals surface area (Å²) in [5.74, 6) is 0.655. The van der Waals surface area contributed by atoms with Crippen molar-refractivity contribution in [2.24, 2.45) is 5.41 Å². The summed E-state index contributed by atoms with van der Waals surface area (Å²) in [5.41, 5.74) is -0.211. The maximum atomic E-state index is 13.5. The Morgan fingerprint density at radius 2 is 1.74 bits per heavy atom. The summed E-state index contributed by atoms with van der Waals surface area (Å²) in [4.78, 5) is 15.8. The minimum Gasteiger partial charge on any atom is -0.489 e. The first-order valence-electron chi connectivity index (χ1n) is 9.89. The van der Waals surface area contributed by atoms with Gasteiger partial charge in [0.1, 0.15) is 11.9 Å². The van der Waals surface area contributed by atoms with Gasteiger partial charge in [0.25, 0.3) is 0 Å². The van der Waals surface area contributed by atoms with Gasteiger partial charge in [-0.3, -0.25) is 4.79 Å². The number of ether oxygens (including phenoxy) is 1. The molecule has 5 heteroatoms. The van der Waals surface area contributed by atoms with Crippen LogP contribution in [-0.2, 0) is 0 Å². The molecule has 1 unspecified atom stereocenters. The van der Waals surface area contributed by atoms with Crippen LogP contribution in [0.25, 0.3) is 0 Å². The van der Waals surface area contributed by atoms with Gasteiger partial charge in [-0.2, -0.15) is 10.5 Å². The summed E-state index contributed by atoms with van der Waals surface area (Å²) in [6.45, 7) is 7.24. The number of fused-ring (bicyclic) bond motifs is 1. The molecule has 0 amide bonds. The predicted octanol–water partition coefficient (Wildman–Crippen LogP) is 4.35. The number of hydrogen-bond acceptors (Lipinski definition) is 5. The molecule has 0 saturated heterocycles. The molecule has 1 heterocycles. The SMILES string of the molecule is CCN(CC)CCCC1Oc2ccccc2C(=O)C1(CCC#N)CCC#N.